The van der Waals surface area contributed by atoms with Crippen molar-refractivity contribution in [3.63, 3.8) is 0 Å². The molecule has 10 heteroatoms. The Labute approximate surface area is 365 Å². The summed E-state index contributed by atoms with van der Waals surface area (Å²) < 4.78 is 16.5. The average Bonchev–Trinajstić information content (AvgIpc) is 3.78. The van der Waals surface area contributed by atoms with Gasteiger partial charge in [-0.25, -0.2) is 14.6 Å². The number of rotatable bonds is 41. The van der Waals surface area contributed by atoms with Crippen LogP contribution in [0, 0.1) is 0 Å². The molecule has 1 unspecified atom stereocenters. The molecule has 1 heterocycles. The quantitative estimate of drug-likeness (QED) is 0.0505. The Bertz CT molecular complexity index is 1240. The van der Waals surface area contributed by atoms with Gasteiger partial charge in [-0.05, 0) is 18.4 Å². The zero-order chi connectivity index (χ0) is 43.0. The number of carbonyl (C=O) groups excluding carboxylic acids is 3. The number of hydrogen-bond donors (Lipinski definition) is 2. The van der Waals surface area contributed by atoms with E-state index in [-0.39, 0.29) is 38.8 Å². The molecule has 0 aliphatic carbocycles. The zero-order valence-corrected chi connectivity index (χ0v) is 38.2. The van der Waals surface area contributed by atoms with Crippen LogP contribution in [0.1, 0.15) is 205 Å². The summed E-state index contributed by atoms with van der Waals surface area (Å²) in [6, 6.07) is 8.34. The lowest BCUT2D eigenvalue weighted by molar-refractivity contribution is -0.148. The minimum atomic E-state index is -0.985. The standard InChI is InChI=1S/C50H86N4O6/c1-3-5-7-9-11-13-15-17-19-21-23-25-27-32-36-54(37-33-28-26-24-22-20-18-16-14-12-10-8-6-4-2)48(55)43-58-38-39-59-49(56)47(40-46-41-51-44-52-46)53-50(57)60-42-45-34-30-29-31-35-45/h29-31,34-35,41,44,47H,3-28,32-33,36-40,42-43H2,1-2H3,(H,51,52)(H,53,57). The molecular formula is C50H86N4O6. The van der Waals surface area contributed by atoms with Gasteiger partial charge in [-0.2, -0.15) is 0 Å². The fraction of sp³-hybridized carbons (Fsp3) is 0.760. The lowest BCUT2D eigenvalue weighted by atomic mass is 10.0. The maximum atomic E-state index is 13.4. The van der Waals surface area contributed by atoms with E-state index < -0.39 is 18.1 Å². The second-order valence-electron chi connectivity index (χ2n) is 16.8. The van der Waals surface area contributed by atoms with Crippen molar-refractivity contribution in [3.05, 3.63) is 54.1 Å². The number of carbonyl (C=O) groups is 3. The van der Waals surface area contributed by atoms with Crippen LogP contribution in [0.5, 0.6) is 0 Å². The molecule has 1 aromatic carbocycles. The van der Waals surface area contributed by atoms with Crippen molar-refractivity contribution in [1.29, 1.82) is 0 Å². The van der Waals surface area contributed by atoms with E-state index >= 15 is 0 Å². The Morgan fingerprint density at radius 1 is 0.617 bits per heavy atom. The fourth-order valence-corrected chi connectivity index (χ4v) is 7.62. The summed E-state index contributed by atoms with van der Waals surface area (Å²) in [7, 11) is 0. The summed E-state index contributed by atoms with van der Waals surface area (Å²) in [5.74, 6) is -0.626. The maximum absolute atomic E-state index is 13.4. The Morgan fingerprint density at radius 2 is 1.08 bits per heavy atom. The number of ether oxygens (including phenoxy) is 3. The van der Waals surface area contributed by atoms with E-state index in [2.05, 4.69) is 29.1 Å². The molecule has 60 heavy (non-hydrogen) atoms. The van der Waals surface area contributed by atoms with Crippen LogP contribution < -0.4 is 5.32 Å². The molecule has 0 radical (unpaired) electrons. The topological polar surface area (TPSA) is 123 Å². The number of benzene rings is 1. The van der Waals surface area contributed by atoms with E-state index in [1.165, 1.54) is 160 Å². The lowest BCUT2D eigenvalue weighted by Crippen LogP contribution is -2.44. The fourth-order valence-electron chi connectivity index (χ4n) is 7.62. The van der Waals surface area contributed by atoms with Crippen LogP contribution in [-0.2, 0) is 36.8 Å². The molecule has 0 aliphatic rings. The summed E-state index contributed by atoms with van der Waals surface area (Å²) in [5, 5.41) is 2.62. The second-order valence-corrected chi connectivity index (χ2v) is 16.8. The van der Waals surface area contributed by atoms with Gasteiger partial charge in [0.25, 0.3) is 0 Å². The van der Waals surface area contributed by atoms with Gasteiger partial charge in [-0.3, -0.25) is 4.79 Å². The van der Waals surface area contributed by atoms with Gasteiger partial charge in [0.1, 0.15) is 25.9 Å². The molecule has 0 saturated carbocycles. The molecule has 10 nitrogen and oxygen atoms in total. The number of imidazole rings is 1. The van der Waals surface area contributed by atoms with Gasteiger partial charge in [-0.1, -0.05) is 211 Å². The molecule has 1 aromatic heterocycles. The highest BCUT2D eigenvalue weighted by Crippen LogP contribution is 2.15. The first-order valence-electron chi connectivity index (χ1n) is 24.5. The smallest absolute Gasteiger partial charge is 0.408 e. The van der Waals surface area contributed by atoms with Crippen LogP contribution in [0.25, 0.3) is 0 Å². The largest absolute Gasteiger partial charge is 0.462 e. The second kappa shape index (κ2) is 38.5. The Balaban J connectivity index is 1.70. The van der Waals surface area contributed by atoms with E-state index in [1.807, 2.05) is 35.2 Å². The predicted molar refractivity (Wildman–Crippen MR) is 245 cm³/mol. The average molecular weight is 839 g/mol. The van der Waals surface area contributed by atoms with E-state index in [9.17, 15) is 14.4 Å². The highest BCUT2D eigenvalue weighted by molar-refractivity contribution is 5.81. The lowest BCUT2D eigenvalue weighted by Gasteiger charge is -2.23. The van der Waals surface area contributed by atoms with Gasteiger partial charge < -0.3 is 29.4 Å². The van der Waals surface area contributed by atoms with Crippen molar-refractivity contribution in [2.75, 3.05) is 32.9 Å². The Kier molecular flexibility index (Phi) is 33.9. The van der Waals surface area contributed by atoms with Crippen LogP contribution in [0.2, 0.25) is 0 Å². The van der Waals surface area contributed by atoms with Crippen molar-refractivity contribution in [2.24, 2.45) is 0 Å². The van der Waals surface area contributed by atoms with Crippen LogP contribution >= 0.6 is 0 Å². The summed E-state index contributed by atoms with van der Waals surface area (Å²) >= 11 is 0. The van der Waals surface area contributed by atoms with Crippen molar-refractivity contribution in [2.45, 2.75) is 213 Å². The summed E-state index contributed by atoms with van der Waals surface area (Å²) in [6.45, 7) is 6.15. The SMILES string of the molecule is CCCCCCCCCCCCCCCCN(CCCCCCCCCCCCCCCC)C(=O)COCCOC(=O)C(Cc1cnc[nH]1)NC(=O)OCc1ccccc1. The van der Waals surface area contributed by atoms with Gasteiger partial charge in [-0.15, -0.1) is 0 Å². The van der Waals surface area contributed by atoms with E-state index in [4.69, 9.17) is 14.2 Å². The first kappa shape index (κ1) is 52.7. The van der Waals surface area contributed by atoms with Gasteiger partial charge >= 0.3 is 12.1 Å². The number of amides is 2. The molecule has 342 valence electrons. The number of H-pyrrole nitrogens is 1. The molecule has 2 N–H and O–H groups in total. The first-order valence-corrected chi connectivity index (χ1v) is 24.5. The van der Waals surface area contributed by atoms with E-state index in [0.29, 0.717) is 5.69 Å². The number of esters is 1. The highest BCUT2D eigenvalue weighted by atomic mass is 16.6. The minimum absolute atomic E-state index is 0.00864. The van der Waals surface area contributed by atoms with Gasteiger partial charge in [0.2, 0.25) is 5.91 Å². The number of aromatic nitrogens is 2. The maximum Gasteiger partial charge on any atom is 0.408 e. The molecule has 0 aliphatic heterocycles. The van der Waals surface area contributed by atoms with Crippen LogP contribution in [-0.4, -0.2) is 71.8 Å². The molecule has 0 bridgehead atoms. The molecule has 0 fully saturated rings. The van der Waals surface area contributed by atoms with E-state index in [1.54, 1.807) is 6.20 Å². The zero-order valence-electron chi connectivity index (χ0n) is 38.2. The molecule has 2 amide bonds. The number of hydrogen-bond acceptors (Lipinski definition) is 7. The van der Waals surface area contributed by atoms with Crippen LogP contribution in [0.4, 0.5) is 4.79 Å². The molecule has 2 aromatic rings. The van der Waals surface area contributed by atoms with E-state index in [0.717, 1.165) is 44.3 Å². The first-order chi connectivity index (χ1) is 29.5. The summed E-state index contributed by atoms with van der Waals surface area (Å²) in [4.78, 5) is 47.9. The highest BCUT2D eigenvalue weighted by Gasteiger charge is 2.24. The molecular weight excluding hydrogens is 753 g/mol. The van der Waals surface area contributed by atoms with Crippen molar-refractivity contribution in [1.82, 2.24) is 20.2 Å². The van der Waals surface area contributed by atoms with Crippen molar-refractivity contribution < 1.29 is 28.6 Å². The molecule has 1 atom stereocenters. The third-order valence-electron chi connectivity index (χ3n) is 11.4. The van der Waals surface area contributed by atoms with Gasteiger partial charge in [0.15, 0.2) is 0 Å². The van der Waals surface area contributed by atoms with Crippen LogP contribution in [0.3, 0.4) is 0 Å². The summed E-state index contributed by atoms with van der Waals surface area (Å²) in [6.07, 6.45) is 39.2. The van der Waals surface area contributed by atoms with Crippen molar-refractivity contribution in [3.8, 4) is 0 Å². The van der Waals surface area contributed by atoms with Gasteiger partial charge in [0.05, 0.1) is 12.9 Å². The van der Waals surface area contributed by atoms with Crippen molar-refractivity contribution >= 4 is 18.0 Å². The Morgan fingerprint density at radius 3 is 1.53 bits per heavy atom. The summed E-state index contributed by atoms with van der Waals surface area (Å²) in [5.41, 5.74) is 1.50. The minimum Gasteiger partial charge on any atom is -0.462 e. The Hall–Kier alpha value is -3.40. The number of nitrogens with zero attached hydrogens (tertiary/aromatic N) is 2. The number of aromatic amines is 1. The number of alkyl carbamates (subject to hydrolysis) is 1. The molecule has 0 spiro atoms. The van der Waals surface area contributed by atoms with Crippen LogP contribution in [0.15, 0.2) is 42.9 Å². The predicted octanol–water partition coefficient (Wildman–Crippen LogP) is 12.6. The normalized spacial score (nSPS) is 11.7. The third kappa shape index (κ3) is 29.8. The third-order valence-corrected chi connectivity index (χ3v) is 11.4. The number of unbranched alkanes of at least 4 members (excludes halogenated alkanes) is 26. The number of nitrogens with one attached hydrogen (secondary N) is 2. The molecule has 2 rings (SSSR count). The van der Waals surface area contributed by atoms with Gasteiger partial charge in [0, 0.05) is 31.4 Å². The monoisotopic (exact) mass is 839 g/mol. The molecule has 0 saturated heterocycles.